The highest BCUT2D eigenvalue weighted by atomic mass is 16.5. The van der Waals surface area contributed by atoms with Gasteiger partial charge in [0.05, 0.1) is 19.6 Å². The number of methoxy groups -OCH3 is 2. The van der Waals surface area contributed by atoms with E-state index in [1.807, 2.05) is 30.3 Å². The van der Waals surface area contributed by atoms with E-state index in [0.717, 1.165) is 47.7 Å². The summed E-state index contributed by atoms with van der Waals surface area (Å²) >= 11 is 0. The number of aromatic nitrogens is 1. The highest BCUT2D eigenvalue weighted by Gasteiger charge is 2.44. The minimum atomic E-state index is -0.452. The summed E-state index contributed by atoms with van der Waals surface area (Å²) in [6.07, 6.45) is 5.13. The number of hydrogen-bond acceptors (Lipinski definition) is 5. The summed E-state index contributed by atoms with van der Waals surface area (Å²) in [6.45, 7) is 2.29. The van der Waals surface area contributed by atoms with E-state index >= 15 is 0 Å². The number of carbonyl (C=O) groups is 1. The highest BCUT2D eigenvalue weighted by molar-refractivity contribution is 5.83. The van der Waals surface area contributed by atoms with Crippen molar-refractivity contribution >= 4 is 5.91 Å². The van der Waals surface area contributed by atoms with E-state index in [-0.39, 0.29) is 5.91 Å². The molecule has 1 atom stereocenters. The zero-order valence-corrected chi connectivity index (χ0v) is 19.5. The summed E-state index contributed by atoms with van der Waals surface area (Å²) in [5, 5.41) is 2.91. The third kappa shape index (κ3) is 5.01. The SMILES string of the molecule is CNC(=O)[C@@]1(Cc2ccc(-c3ccncc3)cc2)CCN(Cc2ccc(OC)cc2OC)C1. The van der Waals surface area contributed by atoms with Gasteiger partial charge >= 0.3 is 0 Å². The van der Waals surface area contributed by atoms with Crippen molar-refractivity contribution in [2.24, 2.45) is 5.41 Å². The quantitative estimate of drug-likeness (QED) is 0.569. The fourth-order valence-electron chi connectivity index (χ4n) is 4.74. The first-order valence-electron chi connectivity index (χ1n) is 11.2. The zero-order valence-electron chi connectivity index (χ0n) is 19.5. The van der Waals surface area contributed by atoms with Gasteiger partial charge in [-0.1, -0.05) is 30.3 Å². The van der Waals surface area contributed by atoms with E-state index in [1.165, 1.54) is 5.56 Å². The van der Waals surface area contributed by atoms with Crippen LogP contribution in [0.3, 0.4) is 0 Å². The number of carbonyl (C=O) groups excluding carboxylic acids is 1. The maximum absolute atomic E-state index is 13.0. The first-order chi connectivity index (χ1) is 16.1. The van der Waals surface area contributed by atoms with Crippen molar-refractivity contribution < 1.29 is 14.3 Å². The van der Waals surface area contributed by atoms with Gasteiger partial charge < -0.3 is 14.8 Å². The molecule has 1 saturated heterocycles. The lowest BCUT2D eigenvalue weighted by atomic mass is 9.79. The highest BCUT2D eigenvalue weighted by Crippen LogP contribution is 2.37. The van der Waals surface area contributed by atoms with E-state index in [2.05, 4.69) is 39.5 Å². The second kappa shape index (κ2) is 10.0. The summed E-state index contributed by atoms with van der Waals surface area (Å²) in [5.41, 5.74) is 4.09. The average molecular weight is 446 g/mol. The fourth-order valence-corrected chi connectivity index (χ4v) is 4.74. The van der Waals surface area contributed by atoms with Crippen LogP contribution >= 0.6 is 0 Å². The maximum Gasteiger partial charge on any atom is 0.227 e. The van der Waals surface area contributed by atoms with Gasteiger partial charge in [0, 0.05) is 44.2 Å². The van der Waals surface area contributed by atoms with Crippen molar-refractivity contribution in [3.63, 3.8) is 0 Å². The molecule has 2 heterocycles. The van der Waals surface area contributed by atoms with Crippen molar-refractivity contribution in [1.82, 2.24) is 15.2 Å². The minimum absolute atomic E-state index is 0.102. The standard InChI is InChI=1S/C27H31N3O3/c1-28-26(31)27(17-20-4-6-21(7-5-20)22-10-13-29-14-11-22)12-15-30(19-27)18-23-8-9-24(32-2)16-25(23)33-3/h4-11,13-14,16H,12,15,17-19H2,1-3H3,(H,28,31)/t27-/m1/s1. The van der Waals surface area contributed by atoms with Crippen molar-refractivity contribution in [2.45, 2.75) is 19.4 Å². The van der Waals surface area contributed by atoms with Crippen LogP contribution in [0.15, 0.2) is 67.0 Å². The first-order valence-corrected chi connectivity index (χ1v) is 11.2. The Morgan fingerprint density at radius 3 is 2.42 bits per heavy atom. The number of benzene rings is 2. The van der Waals surface area contributed by atoms with Gasteiger partial charge in [-0.3, -0.25) is 14.7 Å². The molecule has 4 rings (SSSR count). The smallest absolute Gasteiger partial charge is 0.227 e. The van der Waals surface area contributed by atoms with E-state index in [4.69, 9.17) is 9.47 Å². The number of nitrogens with zero attached hydrogens (tertiary/aromatic N) is 2. The Morgan fingerprint density at radius 2 is 1.76 bits per heavy atom. The molecule has 1 aliphatic rings. The molecule has 1 N–H and O–H groups in total. The van der Waals surface area contributed by atoms with Crippen LogP contribution in [-0.4, -0.2) is 50.1 Å². The Morgan fingerprint density at radius 1 is 1.03 bits per heavy atom. The number of rotatable bonds is 8. The Balaban J connectivity index is 1.50. The Labute approximate surface area is 195 Å². The Bertz CT molecular complexity index is 1090. The largest absolute Gasteiger partial charge is 0.497 e. The third-order valence-corrected chi connectivity index (χ3v) is 6.54. The summed E-state index contributed by atoms with van der Waals surface area (Å²) in [4.78, 5) is 19.5. The lowest BCUT2D eigenvalue weighted by Gasteiger charge is -2.28. The van der Waals surface area contributed by atoms with Crippen molar-refractivity contribution in [1.29, 1.82) is 0 Å². The summed E-state index contributed by atoms with van der Waals surface area (Å²) < 4.78 is 10.9. The normalized spacial score (nSPS) is 18.2. The summed E-state index contributed by atoms with van der Waals surface area (Å²) in [7, 11) is 5.05. The first kappa shape index (κ1) is 22.8. The fraction of sp³-hybridized carbons (Fsp3) is 0.333. The molecule has 1 aliphatic heterocycles. The molecule has 1 amide bonds. The second-order valence-electron chi connectivity index (χ2n) is 8.61. The van der Waals surface area contributed by atoms with Gasteiger partial charge in [-0.25, -0.2) is 0 Å². The molecule has 0 aliphatic carbocycles. The molecule has 6 nitrogen and oxygen atoms in total. The van der Waals surface area contributed by atoms with Gasteiger partial charge in [0.2, 0.25) is 5.91 Å². The maximum atomic E-state index is 13.0. The monoisotopic (exact) mass is 445 g/mol. The second-order valence-corrected chi connectivity index (χ2v) is 8.61. The zero-order chi connectivity index (χ0) is 23.3. The Hall–Kier alpha value is -3.38. The molecule has 172 valence electrons. The average Bonchev–Trinajstić information content (AvgIpc) is 3.28. The molecule has 0 saturated carbocycles. The van der Waals surface area contributed by atoms with E-state index in [0.29, 0.717) is 13.0 Å². The van der Waals surface area contributed by atoms with Gasteiger partial charge in [-0.2, -0.15) is 0 Å². The van der Waals surface area contributed by atoms with Crippen LogP contribution in [0.1, 0.15) is 17.5 Å². The van der Waals surface area contributed by atoms with Gasteiger partial charge in [-0.15, -0.1) is 0 Å². The molecule has 0 spiro atoms. The van der Waals surface area contributed by atoms with E-state index in [9.17, 15) is 4.79 Å². The number of likely N-dealkylation sites (tertiary alicyclic amines) is 1. The molecule has 1 aromatic heterocycles. The van der Waals surface area contributed by atoms with E-state index in [1.54, 1.807) is 33.7 Å². The summed E-state index contributed by atoms with van der Waals surface area (Å²) in [6, 6.07) is 18.4. The molecule has 0 unspecified atom stereocenters. The third-order valence-electron chi connectivity index (χ3n) is 6.54. The van der Waals surface area contributed by atoms with Crippen LogP contribution in [0.4, 0.5) is 0 Å². The van der Waals surface area contributed by atoms with Gasteiger partial charge in [0.1, 0.15) is 11.5 Å². The Kier molecular flexibility index (Phi) is 6.94. The van der Waals surface area contributed by atoms with Crippen LogP contribution in [0, 0.1) is 5.41 Å². The molecule has 3 aromatic rings. The molecule has 6 heteroatoms. The number of nitrogens with one attached hydrogen (secondary N) is 1. The molecule has 0 radical (unpaired) electrons. The van der Waals surface area contributed by atoms with Crippen molar-refractivity contribution in [2.75, 3.05) is 34.4 Å². The van der Waals surface area contributed by atoms with E-state index < -0.39 is 5.41 Å². The molecule has 33 heavy (non-hydrogen) atoms. The van der Waals surface area contributed by atoms with Gasteiger partial charge in [-0.05, 0) is 54.3 Å². The molecular formula is C27H31N3O3. The molecule has 0 bridgehead atoms. The predicted octanol–water partition coefficient (Wildman–Crippen LogP) is 3.95. The molecule has 1 fully saturated rings. The van der Waals surface area contributed by atoms with Crippen LogP contribution < -0.4 is 14.8 Å². The minimum Gasteiger partial charge on any atom is -0.497 e. The van der Waals surface area contributed by atoms with Crippen LogP contribution in [0.25, 0.3) is 11.1 Å². The number of pyridine rings is 1. The number of ether oxygens (including phenoxy) is 2. The lowest BCUT2D eigenvalue weighted by Crippen LogP contribution is -2.43. The van der Waals surface area contributed by atoms with Gasteiger partial charge in [0.25, 0.3) is 0 Å². The van der Waals surface area contributed by atoms with Crippen LogP contribution in [0.2, 0.25) is 0 Å². The van der Waals surface area contributed by atoms with Crippen molar-refractivity contribution in [3.05, 3.63) is 78.1 Å². The topological polar surface area (TPSA) is 63.7 Å². The number of amides is 1. The lowest BCUT2D eigenvalue weighted by molar-refractivity contribution is -0.130. The number of hydrogen-bond donors (Lipinski definition) is 1. The summed E-state index contributed by atoms with van der Waals surface area (Å²) in [5.74, 6) is 1.68. The van der Waals surface area contributed by atoms with Gasteiger partial charge in [0.15, 0.2) is 0 Å². The van der Waals surface area contributed by atoms with Crippen LogP contribution in [-0.2, 0) is 17.8 Å². The van der Waals surface area contributed by atoms with Crippen LogP contribution in [0.5, 0.6) is 11.5 Å². The molecular weight excluding hydrogens is 414 g/mol. The predicted molar refractivity (Wildman–Crippen MR) is 129 cm³/mol. The van der Waals surface area contributed by atoms with Crippen molar-refractivity contribution in [3.8, 4) is 22.6 Å². The molecule has 2 aromatic carbocycles.